The van der Waals surface area contributed by atoms with Gasteiger partial charge >= 0.3 is 0 Å². The van der Waals surface area contributed by atoms with E-state index in [1.807, 2.05) is 6.20 Å². The number of carbonyl (C=O) groups excluding carboxylic acids is 1. The van der Waals surface area contributed by atoms with Crippen molar-refractivity contribution in [3.8, 4) is 0 Å². The lowest BCUT2D eigenvalue weighted by molar-refractivity contribution is -0.117. The van der Waals surface area contributed by atoms with Gasteiger partial charge in [-0.25, -0.2) is 0 Å². The van der Waals surface area contributed by atoms with Crippen molar-refractivity contribution < 1.29 is 9.53 Å². The van der Waals surface area contributed by atoms with Gasteiger partial charge in [0.25, 0.3) is 0 Å². The SMILES string of the molecule is C=CC(=O)N[C@H]1CCC[C@@H](c2ccc(C3OC3N)c3[nH]ccc23)C1. The normalized spacial score (nSPS) is 29.4. The molecule has 1 aromatic heterocycles. The van der Waals surface area contributed by atoms with E-state index in [0.29, 0.717) is 5.92 Å². The van der Waals surface area contributed by atoms with E-state index < -0.39 is 0 Å². The van der Waals surface area contributed by atoms with Gasteiger partial charge in [0.1, 0.15) is 12.3 Å². The Balaban J connectivity index is 1.61. The summed E-state index contributed by atoms with van der Waals surface area (Å²) >= 11 is 0. The van der Waals surface area contributed by atoms with E-state index in [0.717, 1.165) is 36.8 Å². The van der Waals surface area contributed by atoms with Crippen LogP contribution >= 0.6 is 0 Å². The zero-order valence-electron chi connectivity index (χ0n) is 13.6. The first-order valence-corrected chi connectivity index (χ1v) is 8.61. The second-order valence-corrected chi connectivity index (χ2v) is 6.80. The van der Waals surface area contributed by atoms with Gasteiger partial charge in [-0.2, -0.15) is 0 Å². The van der Waals surface area contributed by atoms with Crippen LogP contribution in [0.15, 0.2) is 37.1 Å². The number of nitrogens with two attached hydrogens (primary N) is 1. The fourth-order valence-electron chi connectivity index (χ4n) is 4.03. The quantitative estimate of drug-likeness (QED) is 0.597. The van der Waals surface area contributed by atoms with Gasteiger partial charge in [0.15, 0.2) is 0 Å². The van der Waals surface area contributed by atoms with Crippen molar-refractivity contribution in [3.63, 3.8) is 0 Å². The second kappa shape index (κ2) is 6.07. The molecule has 1 saturated carbocycles. The molecule has 2 fully saturated rings. The molecule has 4 atom stereocenters. The Labute approximate surface area is 141 Å². The number of fused-ring (bicyclic) bond motifs is 1. The highest BCUT2D eigenvalue weighted by atomic mass is 16.6. The van der Waals surface area contributed by atoms with E-state index in [-0.39, 0.29) is 24.3 Å². The van der Waals surface area contributed by atoms with E-state index in [1.165, 1.54) is 17.0 Å². The minimum atomic E-state index is -0.185. The monoisotopic (exact) mass is 325 g/mol. The van der Waals surface area contributed by atoms with Crippen molar-refractivity contribution in [1.29, 1.82) is 0 Å². The van der Waals surface area contributed by atoms with Crippen LogP contribution in [-0.2, 0) is 9.53 Å². The summed E-state index contributed by atoms with van der Waals surface area (Å²) in [6.45, 7) is 3.54. The molecule has 24 heavy (non-hydrogen) atoms. The van der Waals surface area contributed by atoms with Crippen molar-refractivity contribution in [2.75, 3.05) is 0 Å². The Kier molecular flexibility index (Phi) is 3.90. The number of ether oxygens (including phenoxy) is 1. The van der Waals surface area contributed by atoms with Crippen molar-refractivity contribution in [1.82, 2.24) is 10.3 Å². The van der Waals surface area contributed by atoms with Crippen molar-refractivity contribution in [2.24, 2.45) is 5.73 Å². The van der Waals surface area contributed by atoms with Gasteiger partial charge in [-0.1, -0.05) is 25.1 Å². The number of hydrogen-bond donors (Lipinski definition) is 3. The van der Waals surface area contributed by atoms with Crippen LogP contribution in [0, 0.1) is 0 Å². The minimum absolute atomic E-state index is 0.00573. The highest BCUT2D eigenvalue weighted by Gasteiger charge is 2.38. The summed E-state index contributed by atoms with van der Waals surface area (Å²) in [6.07, 6.45) is 7.43. The molecule has 2 aliphatic rings. The predicted molar refractivity (Wildman–Crippen MR) is 93.4 cm³/mol. The Hall–Kier alpha value is -2.11. The molecule has 1 saturated heterocycles. The summed E-state index contributed by atoms with van der Waals surface area (Å²) in [4.78, 5) is 14.9. The fourth-order valence-corrected chi connectivity index (χ4v) is 4.03. The average molecular weight is 325 g/mol. The third-order valence-corrected chi connectivity index (χ3v) is 5.27. The van der Waals surface area contributed by atoms with Crippen LogP contribution in [0.1, 0.15) is 48.8 Å². The third-order valence-electron chi connectivity index (χ3n) is 5.27. The largest absolute Gasteiger partial charge is 0.361 e. The number of amides is 1. The Morgan fingerprint density at radius 2 is 2.12 bits per heavy atom. The highest BCUT2D eigenvalue weighted by molar-refractivity contribution is 5.88. The first-order chi connectivity index (χ1) is 11.7. The molecule has 1 aliphatic heterocycles. The van der Waals surface area contributed by atoms with E-state index >= 15 is 0 Å². The number of nitrogens with one attached hydrogen (secondary N) is 2. The lowest BCUT2D eigenvalue weighted by Gasteiger charge is -2.30. The lowest BCUT2D eigenvalue weighted by atomic mass is 9.80. The molecule has 2 heterocycles. The maximum atomic E-state index is 11.6. The summed E-state index contributed by atoms with van der Waals surface area (Å²) in [5.74, 6) is 0.373. The predicted octanol–water partition coefficient (Wildman–Crippen LogP) is 2.85. The standard InChI is InChI=1S/C19H23N3O2/c1-2-16(23)22-12-5-3-4-11(10-12)13-6-7-15(18-19(20)24-18)17-14(13)8-9-21-17/h2,6-9,11-12,18-19,21H,1,3-5,10,20H2,(H,22,23)/t11-,12+,18?,19?/m1/s1. The molecule has 1 aromatic carbocycles. The summed E-state index contributed by atoms with van der Waals surface area (Å²) in [5.41, 5.74) is 9.45. The Bertz CT molecular complexity index is 782. The van der Waals surface area contributed by atoms with Gasteiger partial charge in [0.2, 0.25) is 5.91 Å². The molecule has 2 aromatic rings. The van der Waals surface area contributed by atoms with E-state index in [2.05, 4.69) is 35.1 Å². The number of benzene rings is 1. The van der Waals surface area contributed by atoms with Crippen molar-refractivity contribution in [3.05, 3.63) is 48.2 Å². The number of carbonyl (C=O) groups is 1. The van der Waals surface area contributed by atoms with Crippen LogP contribution in [0.2, 0.25) is 0 Å². The molecule has 4 rings (SSSR count). The number of epoxide rings is 1. The van der Waals surface area contributed by atoms with E-state index in [4.69, 9.17) is 10.5 Å². The summed E-state index contributed by atoms with van der Waals surface area (Å²) in [5, 5.41) is 4.30. The molecular formula is C19H23N3O2. The number of aromatic amines is 1. The van der Waals surface area contributed by atoms with Gasteiger partial charge in [0.05, 0.1) is 5.52 Å². The van der Waals surface area contributed by atoms with Crippen molar-refractivity contribution >= 4 is 16.8 Å². The van der Waals surface area contributed by atoms with Crippen LogP contribution < -0.4 is 11.1 Å². The molecule has 1 amide bonds. The molecule has 0 radical (unpaired) electrons. The molecule has 4 N–H and O–H groups in total. The Morgan fingerprint density at radius 3 is 2.88 bits per heavy atom. The van der Waals surface area contributed by atoms with Gasteiger partial charge in [0, 0.05) is 23.2 Å². The lowest BCUT2D eigenvalue weighted by Crippen LogP contribution is -2.36. The molecule has 2 unspecified atom stereocenters. The van der Waals surface area contributed by atoms with E-state index in [9.17, 15) is 4.79 Å². The van der Waals surface area contributed by atoms with E-state index in [1.54, 1.807) is 0 Å². The van der Waals surface area contributed by atoms with Gasteiger partial charge in [-0.3, -0.25) is 4.79 Å². The fraction of sp³-hybridized carbons (Fsp3) is 0.421. The number of rotatable bonds is 4. The molecule has 0 spiro atoms. The summed E-state index contributed by atoms with van der Waals surface area (Å²) < 4.78 is 5.44. The van der Waals surface area contributed by atoms with Crippen LogP contribution in [0.25, 0.3) is 10.9 Å². The highest BCUT2D eigenvalue weighted by Crippen LogP contribution is 2.42. The zero-order valence-corrected chi connectivity index (χ0v) is 13.6. The maximum Gasteiger partial charge on any atom is 0.243 e. The van der Waals surface area contributed by atoms with Gasteiger partial charge < -0.3 is 20.8 Å². The number of hydrogen-bond acceptors (Lipinski definition) is 3. The molecule has 0 bridgehead atoms. The third kappa shape index (κ3) is 2.74. The van der Waals surface area contributed by atoms with Gasteiger partial charge in [-0.05, 0) is 42.9 Å². The molecule has 126 valence electrons. The maximum absolute atomic E-state index is 11.6. The summed E-state index contributed by atoms with van der Waals surface area (Å²) in [7, 11) is 0. The topological polar surface area (TPSA) is 83.4 Å². The summed E-state index contributed by atoms with van der Waals surface area (Å²) in [6, 6.07) is 6.71. The molecule has 5 heteroatoms. The van der Waals surface area contributed by atoms with Gasteiger partial charge in [-0.15, -0.1) is 0 Å². The number of H-pyrrole nitrogens is 1. The molecule has 5 nitrogen and oxygen atoms in total. The molecule has 1 aliphatic carbocycles. The smallest absolute Gasteiger partial charge is 0.243 e. The average Bonchev–Trinajstić information content (AvgIpc) is 3.11. The van der Waals surface area contributed by atoms with Crippen molar-refractivity contribution in [2.45, 2.75) is 50.0 Å². The number of aromatic nitrogens is 1. The van der Waals surface area contributed by atoms with Crippen LogP contribution in [0.5, 0.6) is 0 Å². The minimum Gasteiger partial charge on any atom is -0.361 e. The van der Waals surface area contributed by atoms with Crippen LogP contribution in [0.3, 0.4) is 0 Å². The zero-order chi connectivity index (χ0) is 16.7. The first kappa shape index (κ1) is 15.4. The molecular weight excluding hydrogens is 302 g/mol. The first-order valence-electron chi connectivity index (χ1n) is 8.61. The second-order valence-electron chi connectivity index (χ2n) is 6.80. The van der Waals surface area contributed by atoms with Crippen LogP contribution in [-0.4, -0.2) is 23.2 Å². The Morgan fingerprint density at radius 1 is 1.33 bits per heavy atom. The van der Waals surface area contributed by atoms with Crippen LogP contribution in [0.4, 0.5) is 0 Å².